The molecule has 0 unspecified atom stereocenters. The van der Waals surface area contributed by atoms with Crippen molar-refractivity contribution in [3.63, 3.8) is 0 Å². The van der Waals surface area contributed by atoms with Crippen molar-refractivity contribution in [2.45, 2.75) is 29.5 Å². The first-order valence-corrected chi connectivity index (χ1v) is 11.1. The summed E-state index contributed by atoms with van der Waals surface area (Å²) in [6, 6.07) is 17.6. The molecule has 7 heteroatoms. The molecule has 1 aromatic heterocycles. The number of halogens is 2. The largest absolute Gasteiger partial charge is 0.303 e. The van der Waals surface area contributed by atoms with Crippen LogP contribution in [-0.2, 0) is 16.3 Å². The minimum Gasteiger partial charge on any atom is -0.303 e. The SMILES string of the molecule is Cl.O=S(=O)(c1ccc2ccccc2n1)C1CCN(CCc2ccc(F)cc2)CC1. The molecule has 2 heterocycles. The van der Waals surface area contributed by atoms with Crippen LogP contribution >= 0.6 is 12.4 Å². The summed E-state index contributed by atoms with van der Waals surface area (Å²) in [4.78, 5) is 6.67. The van der Waals surface area contributed by atoms with Gasteiger partial charge >= 0.3 is 0 Å². The third-order valence-electron chi connectivity index (χ3n) is 5.47. The molecule has 0 spiro atoms. The summed E-state index contributed by atoms with van der Waals surface area (Å²) in [5, 5.41) is 0.733. The Morgan fingerprint density at radius 1 is 0.966 bits per heavy atom. The molecule has 0 aliphatic carbocycles. The van der Waals surface area contributed by atoms with Crippen molar-refractivity contribution in [2.75, 3.05) is 19.6 Å². The van der Waals surface area contributed by atoms with Crippen LogP contribution in [-0.4, -0.2) is 43.2 Å². The molecule has 3 aromatic rings. The van der Waals surface area contributed by atoms with Crippen molar-refractivity contribution in [1.29, 1.82) is 0 Å². The predicted molar refractivity (Wildman–Crippen MR) is 116 cm³/mol. The average molecular weight is 435 g/mol. The Labute approximate surface area is 177 Å². The smallest absolute Gasteiger partial charge is 0.198 e. The number of aromatic nitrogens is 1. The molecule has 0 amide bonds. The van der Waals surface area contributed by atoms with Crippen LogP contribution in [0.4, 0.5) is 4.39 Å². The lowest BCUT2D eigenvalue weighted by molar-refractivity contribution is 0.232. The van der Waals surface area contributed by atoms with Gasteiger partial charge in [-0.1, -0.05) is 30.3 Å². The van der Waals surface area contributed by atoms with Crippen molar-refractivity contribution in [2.24, 2.45) is 0 Å². The third-order valence-corrected chi connectivity index (χ3v) is 7.63. The van der Waals surface area contributed by atoms with E-state index in [0.29, 0.717) is 18.4 Å². The van der Waals surface area contributed by atoms with Crippen LogP contribution in [0.3, 0.4) is 0 Å². The number of sulfone groups is 1. The number of hydrogen-bond donors (Lipinski definition) is 0. The molecule has 0 radical (unpaired) electrons. The molecule has 0 atom stereocenters. The molecule has 1 aliphatic rings. The number of rotatable bonds is 5. The Bertz CT molecular complexity index is 1070. The lowest BCUT2D eigenvalue weighted by Gasteiger charge is -2.31. The van der Waals surface area contributed by atoms with Gasteiger partial charge in [-0.05, 0) is 68.2 Å². The topological polar surface area (TPSA) is 50.3 Å². The lowest BCUT2D eigenvalue weighted by Crippen LogP contribution is -2.40. The van der Waals surface area contributed by atoms with Gasteiger partial charge in [0.15, 0.2) is 14.9 Å². The van der Waals surface area contributed by atoms with E-state index in [9.17, 15) is 12.8 Å². The number of pyridine rings is 1. The number of hydrogen-bond acceptors (Lipinski definition) is 4. The first kappa shape index (κ1) is 21.7. The number of piperidine rings is 1. The molecule has 0 saturated carbocycles. The summed E-state index contributed by atoms with van der Waals surface area (Å²) in [5.74, 6) is -0.225. The van der Waals surface area contributed by atoms with E-state index in [4.69, 9.17) is 0 Å². The summed E-state index contributed by atoms with van der Waals surface area (Å²) >= 11 is 0. The van der Waals surface area contributed by atoms with E-state index >= 15 is 0 Å². The van der Waals surface area contributed by atoms with Crippen molar-refractivity contribution in [3.8, 4) is 0 Å². The van der Waals surface area contributed by atoms with Crippen LogP contribution in [0, 0.1) is 5.82 Å². The highest BCUT2D eigenvalue weighted by atomic mass is 35.5. The fourth-order valence-electron chi connectivity index (χ4n) is 3.76. The minimum absolute atomic E-state index is 0. The van der Waals surface area contributed by atoms with Crippen molar-refractivity contribution in [3.05, 3.63) is 72.0 Å². The van der Waals surface area contributed by atoms with E-state index in [1.54, 1.807) is 18.2 Å². The first-order valence-electron chi connectivity index (χ1n) is 9.59. The molecule has 1 aliphatic heterocycles. The number of para-hydroxylation sites is 1. The van der Waals surface area contributed by atoms with Gasteiger partial charge in [0.2, 0.25) is 0 Å². The molecule has 4 rings (SSSR count). The number of nitrogens with zero attached hydrogens (tertiary/aromatic N) is 2. The Morgan fingerprint density at radius 3 is 2.38 bits per heavy atom. The summed E-state index contributed by atoms with van der Waals surface area (Å²) in [5.41, 5.74) is 1.80. The second-order valence-electron chi connectivity index (χ2n) is 7.30. The third kappa shape index (κ3) is 4.94. The zero-order valence-electron chi connectivity index (χ0n) is 16.0. The molecule has 1 saturated heterocycles. The first-order chi connectivity index (χ1) is 13.5. The van der Waals surface area contributed by atoms with Gasteiger partial charge < -0.3 is 4.90 Å². The normalized spacial score (nSPS) is 15.9. The van der Waals surface area contributed by atoms with Gasteiger partial charge in [-0.2, -0.15) is 0 Å². The second-order valence-corrected chi connectivity index (χ2v) is 9.48. The van der Waals surface area contributed by atoms with Crippen molar-refractivity contribution in [1.82, 2.24) is 9.88 Å². The molecule has 154 valence electrons. The predicted octanol–water partition coefficient (Wildman–Crippen LogP) is 4.28. The van der Waals surface area contributed by atoms with Gasteiger partial charge in [0.05, 0.1) is 10.8 Å². The molecule has 1 fully saturated rings. The quantitative estimate of drug-likeness (QED) is 0.601. The van der Waals surface area contributed by atoms with Gasteiger partial charge in [-0.15, -0.1) is 12.4 Å². The Hall–Kier alpha value is -2.02. The Kier molecular flexibility index (Phi) is 6.88. The van der Waals surface area contributed by atoms with Crippen LogP contribution in [0.2, 0.25) is 0 Å². The molecular formula is C22H24ClFN2O2S. The second kappa shape index (κ2) is 9.20. The zero-order chi connectivity index (χ0) is 19.6. The van der Waals surface area contributed by atoms with Gasteiger partial charge in [0.1, 0.15) is 5.82 Å². The highest BCUT2D eigenvalue weighted by Gasteiger charge is 2.32. The summed E-state index contributed by atoms with van der Waals surface area (Å²) in [6.07, 6.45) is 2.06. The van der Waals surface area contributed by atoms with E-state index < -0.39 is 9.84 Å². The van der Waals surface area contributed by atoms with Gasteiger partial charge in [-0.25, -0.2) is 17.8 Å². The lowest BCUT2D eigenvalue weighted by atomic mass is 10.1. The van der Waals surface area contributed by atoms with Crippen molar-refractivity contribution < 1.29 is 12.8 Å². The molecular weight excluding hydrogens is 411 g/mol. The van der Waals surface area contributed by atoms with Crippen LogP contribution in [0.1, 0.15) is 18.4 Å². The number of benzene rings is 2. The van der Waals surface area contributed by atoms with E-state index in [1.807, 2.05) is 30.3 Å². The van der Waals surface area contributed by atoms with Crippen molar-refractivity contribution >= 4 is 33.1 Å². The summed E-state index contributed by atoms with van der Waals surface area (Å²) in [6.45, 7) is 2.35. The maximum absolute atomic E-state index is 13.0. The van der Waals surface area contributed by atoms with E-state index in [2.05, 4.69) is 9.88 Å². The highest BCUT2D eigenvalue weighted by molar-refractivity contribution is 7.92. The number of likely N-dealkylation sites (tertiary alicyclic amines) is 1. The molecule has 0 bridgehead atoms. The monoisotopic (exact) mass is 434 g/mol. The fraction of sp³-hybridized carbons (Fsp3) is 0.318. The Balaban J connectivity index is 0.00000240. The summed E-state index contributed by atoms with van der Waals surface area (Å²) in [7, 11) is -3.43. The van der Waals surface area contributed by atoms with Gasteiger partial charge in [0, 0.05) is 11.9 Å². The Morgan fingerprint density at radius 2 is 1.66 bits per heavy atom. The molecule has 0 N–H and O–H groups in total. The van der Waals surface area contributed by atoms with Crippen LogP contribution in [0.5, 0.6) is 0 Å². The zero-order valence-corrected chi connectivity index (χ0v) is 17.6. The van der Waals surface area contributed by atoms with E-state index in [0.717, 1.165) is 37.0 Å². The van der Waals surface area contributed by atoms with Crippen LogP contribution in [0.25, 0.3) is 10.9 Å². The average Bonchev–Trinajstić information content (AvgIpc) is 2.73. The summed E-state index contributed by atoms with van der Waals surface area (Å²) < 4.78 is 39.1. The van der Waals surface area contributed by atoms with E-state index in [-0.39, 0.29) is 28.5 Å². The maximum Gasteiger partial charge on any atom is 0.198 e. The van der Waals surface area contributed by atoms with Crippen LogP contribution in [0.15, 0.2) is 65.7 Å². The van der Waals surface area contributed by atoms with Crippen LogP contribution < -0.4 is 0 Å². The standard InChI is InChI=1S/C22H23FN2O2S.ClH/c23-19-8-5-17(6-9-19)11-14-25-15-12-20(13-16-25)28(26,27)22-10-7-18-3-1-2-4-21(18)24-22;/h1-10,20H,11-16H2;1H. The molecule has 4 nitrogen and oxygen atoms in total. The molecule has 29 heavy (non-hydrogen) atoms. The number of fused-ring (bicyclic) bond motifs is 1. The van der Waals surface area contributed by atoms with Gasteiger partial charge in [0.25, 0.3) is 0 Å². The highest BCUT2D eigenvalue weighted by Crippen LogP contribution is 2.25. The minimum atomic E-state index is -3.43. The van der Waals surface area contributed by atoms with Gasteiger partial charge in [-0.3, -0.25) is 0 Å². The maximum atomic E-state index is 13.0. The van der Waals surface area contributed by atoms with E-state index in [1.165, 1.54) is 12.1 Å². The molecule has 2 aromatic carbocycles. The fourth-order valence-corrected chi connectivity index (χ4v) is 5.41.